The lowest BCUT2D eigenvalue weighted by Crippen LogP contribution is -2.48. The van der Waals surface area contributed by atoms with Gasteiger partial charge in [-0.05, 0) is 76.4 Å². The summed E-state index contributed by atoms with van der Waals surface area (Å²) in [5.74, 6) is 0.889. The van der Waals surface area contributed by atoms with E-state index < -0.39 is 0 Å². The van der Waals surface area contributed by atoms with E-state index in [2.05, 4.69) is 16.8 Å². The first-order valence-corrected chi connectivity index (χ1v) is 10.2. The molecule has 1 amide bonds. The SMILES string of the molecule is CC(=O)c1ccc(N2CCC(CC(=O)N(C)C3CCCN(C)C3)CC2)cc1. The summed E-state index contributed by atoms with van der Waals surface area (Å²) in [5, 5.41) is 0. The van der Waals surface area contributed by atoms with Crippen LogP contribution in [-0.4, -0.2) is 67.8 Å². The molecule has 3 rings (SSSR count). The van der Waals surface area contributed by atoms with Crippen molar-refractivity contribution in [3.05, 3.63) is 29.8 Å². The molecule has 1 aromatic rings. The number of piperidine rings is 2. The average Bonchev–Trinajstić information content (AvgIpc) is 2.68. The van der Waals surface area contributed by atoms with Crippen LogP contribution in [0.4, 0.5) is 5.69 Å². The van der Waals surface area contributed by atoms with Gasteiger partial charge in [0, 0.05) is 50.4 Å². The number of amides is 1. The van der Waals surface area contributed by atoms with E-state index in [0.717, 1.165) is 51.0 Å². The van der Waals surface area contributed by atoms with Gasteiger partial charge in [0.05, 0.1) is 0 Å². The molecule has 1 unspecified atom stereocenters. The Balaban J connectivity index is 1.47. The third kappa shape index (κ3) is 5.10. The Morgan fingerprint density at radius 3 is 2.33 bits per heavy atom. The number of carbonyl (C=O) groups excluding carboxylic acids is 2. The van der Waals surface area contributed by atoms with Crippen LogP contribution in [-0.2, 0) is 4.79 Å². The topological polar surface area (TPSA) is 43.9 Å². The molecule has 0 bridgehead atoms. The molecule has 5 nitrogen and oxygen atoms in total. The molecule has 0 saturated carbocycles. The lowest BCUT2D eigenvalue weighted by molar-refractivity contribution is -0.134. The number of likely N-dealkylation sites (N-methyl/N-ethyl adjacent to an activating group) is 2. The summed E-state index contributed by atoms with van der Waals surface area (Å²) in [5.41, 5.74) is 1.93. The number of rotatable bonds is 5. The molecule has 2 saturated heterocycles. The molecule has 148 valence electrons. The number of carbonyl (C=O) groups is 2. The normalized spacial score (nSPS) is 21.9. The maximum absolute atomic E-state index is 12.7. The van der Waals surface area contributed by atoms with E-state index in [1.165, 1.54) is 12.1 Å². The highest BCUT2D eigenvalue weighted by molar-refractivity contribution is 5.94. The minimum atomic E-state index is 0.104. The second-order valence-electron chi connectivity index (χ2n) is 8.30. The van der Waals surface area contributed by atoms with E-state index in [1.54, 1.807) is 6.92 Å². The van der Waals surface area contributed by atoms with Crippen molar-refractivity contribution in [2.45, 2.75) is 45.1 Å². The van der Waals surface area contributed by atoms with Gasteiger partial charge in [-0.15, -0.1) is 0 Å². The van der Waals surface area contributed by atoms with Crippen molar-refractivity contribution in [1.29, 1.82) is 0 Å². The van der Waals surface area contributed by atoms with E-state index in [9.17, 15) is 9.59 Å². The monoisotopic (exact) mass is 371 g/mol. The molecule has 1 aromatic carbocycles. The molecule has 27 heavy (non-hydrogen) atoms. The maximum atomic E-state index is 12.7. The Hall–Kier alpha value is -1.88. The number of benzene rings is 1. The highest BCUT2D eigenvalue weighted by Crippen LogP contribution is 2.26. The maximum Gasteiger partial charge on any atom is 0.222 e. The van der Waals surface area contributed by atoms with Crippen molar-refractivity contribution < 1.29 is 9.59 Å². The van der Waals surface area contributed by atoms with E-state index in [1.807, 2.05) is 36.2 Å². The number of nitrogens with zero attached hydrogens (tertiary/aromatic N) is 3. The first kappa shape index (κ1) is 19.9. The number of hydrogen-bond acceptors (Lipinski definition) is 4. The standard InChI is InChI=1S/C22H33N3O2/c1-17(26)19-6-8-20(9-7-19)25-13-10-18(11-14-25)15-22(27)24(3)21-5-4-12-23(2)16-21/h6-9,18,21H,4-5,10-16H2,1-3H3. The van der Waals surface area contributed by atoms with Gasteiger partial charge in [0.1, 0.15) is 0 Å². The van der Waals surface area contributed by atoms with Crippen LogP contribution in [0.15, 0.2) is 24.3 Å². The summed E-state index contributed by atoms with van der Waals surface area (Å²) in [6.45, 7) is 5.70. The van der Waals surface area contributed by atoms with Crippen LogP contribution in [0.1, 0.15) is 49.4 Å². The average molecular weight is 372 g/mol. The fourth-order valence-corrected chi connectivity index (χ4v) is 4.35. The van der Waals surface area contributed by atoms with Gasteiger partial charge in [-0.25, -0.2) is 0 Å². The number of likely N-dealkylation sites (tertiary alicyclic amines) is 1. The van der Waals surface area contributed by atoms with Crippen LogP contribution in [0.3, 0.4) is 0 Å². The molecular formula is C22H33N3O2. The van der Waals surface area contributed by atoms with E-state index >= 15 is 0 Å². The van der Waals surface area contributed by atoms with Crippen molar-refractivity contribution in [3.63, 3.8) is 0 Å². The number of anilines is 1. The van der Waals surface area contributed by atoms with Gasteiger partial charge in [0.25, 0.3) is 0 Å². The van der Waals surface area contributed by atoms with Gasteiger partial charge in [-0.3, -0.25) is 9.59 Å². The molecule has 0 spiro atoms. The Morgan fingerprint density at radius 1 is 1.07 bits per heavy atom. The van der Waals surface area contributed by atoms with Crippen LogP contribution in [0, 0.1) is 5.92 Å². The predicted octanol–water partition coefficient (Wildman–Crippen LogP) is 3.05. The molecule has 0 aromatic heterocycles. The van der Waals surface area contributed by atoms with Crippen molar-refractivity contribution in [2.75, 3.05) is 45.2 Å². The number of Topliss-reactive ketones (excluding diaryl/α,β-unsaturated/α-hetero) is 1. The smallest absolute Gasteiger partial charge is 0.222 e. The zero-order valence-electron chi connectivity index (χ0n) is 17.0. The summed E-state index contributed by atoms with van der Waals surface area (Å²) < 4.78 is 0. The fraction of sp³-hybridized carbons (Fsp3) is 0.636. The zero-order chi connectivity index (χ0) is 19.4. The molecule has 2 fully saturated rings. The lowest BCUT2D eigenvalue weighted by atomic mass is 9.92. The molecule has 2 aliphatic heterocycles. The Bertz CT molecular complexity index is 650. The second-order valence-corrected chi connectivity index (χ2v) is 8.30. The van der Waals surface area contributed by atoms with Gasteiger partial charge in [-0.1, -0.05) is 0 Å². The third-order valence-corrected chi connectivity index (χ3v) is 6.26. The van der Waals surface area contributed by atoms with Gasteiger partial charge < -0.3 is 14.7 Å². The minimum absolute atomic E-state index is 0.104. The summed E-state index contributed by atoms with van der Waals surface area (Å²) in [6, 6.07) is 8.26. The minimum Gasteiger partial charge on any atom is -0.372 e. The largest absolute Gasteiger partial charge is 0.372 e. The van der Waals surface area contributed by atoms with Crippen molar-refractivity contribution in [3.8, 4) is 0 Å². The first-order chi connectivity index (χ1) is 12.9. The lowest BCUT2D eigenvalue weighted by Gasteiger charge is -2.37. The van der Waals surface area contributed by atoms with Gasteiger partial charge in [0.15, 0.2) is 5.78 Å². The Morgan fingerprint density at radius 2 is 1.74 bits per heavy atom. The van der Waals surface area contributed by atoms with Crippen LogP contribution in [0.25, 0.3) is 0 Å². The summed E-state index contributed by atoms with van der Waals surface area (Å²) in [7, 11) is 4.13. The van der Waals surface area contributed by atoms with Crippen LogP contribution in [0.2, 0.25) is 0 Å². The summed E-state index contributed by atoms with van der Waals surface area (Å²) in [4.78, 5) is 30.8. The predicted molar refractivity (Wildman–Crippen MR) is 109 cm³/mol. The number of hydrogen-bond donors (Lipinski definition) is 0. The second kappa shape index (κ2) is 8.87. The van der Waals surface area contributed by atoms with Crippen molar-refractivity contribution in [2.24, 2.45) is 5.92 Å². The van der Waals surface area contributed by atoms with E-state index in [4.69, 9.17) is 0 Å². The summed E-state index contributed by atoms with van der Waals surface area (Å²) in [6.07, 6.45) is 5.09. The van der Waals surface area contributed by atoms with E-state index in [0.29, 0.717) is 24.3 Å². The van der Waals surface area contributed by atoms with Crippen LogP contribution >= 0.6 is 0 Å². The van der Waals surface area contributed by atoms with Crippen LogP contribution < -0.4 is 4.90 Å². The highest BCUT2D eigenvalue weighted by atomic mass is 16.2. The van der Waals surface area contributed by atoms with Gasteiger partial charge in [-0.2, -0.15) is 0 Å². The molecule has 0 N–H and O–H groups in total. The molecular weight excluding hydrogens is 338 g/mol. The van der Waals surface area contributed by atoms with Gasteiger partial charge in [0.2, 0.25) is 5.91 Å². The first-order valence-electron chi connectivity index (χ1n) is 10.2. The molecule has 2 heterocycles. The van der Waals surface area contributed by atoms with E-state index in [-0.39, 0.29) is 5.78 Å². The fourth-order valence-electron chi connectivity index (χ4n) is 4.35. The Labute approximate surface area is 163 Å². The number of ketones is 1. The van der Waals surface area contributed by atoms with Crippen LogP contribution in [0.5, 0.6) is 0 Å². The molecule has 0 aliphatic carbocycles. The Kier molecular flexibility index (Phi) is 6.53. The van der Waals surface area contributed by atoms with Crippen molar-refractivity contribution >= 4 is 17.4 Å². The third-order valence-electron chi connectivity index (χ3n) is 6.26. The molecule has 0 radical (unpaired) electrons. The molecule has 5 heteroatoms. The highest BCUT2D eigenvalue weighted by Gasteiger charge is 2.27. The zero-order valence-corrected chi connectivity index (χ0v) is 17.0. The molecule has 2 aliphatic rings. The quantitative estimate of drug-likeness (QED) is 0.746. The van der Waals surface area contributed by atoms with Gasteiger partial charge >= 0.3 is 0 Å². The molecule has 1 atom stereocenters. The summed E-state index contributed by atoms with van der Waals surface area (Å²) >= 11 is 0. The van der Waals surface area contributed by atoms with Crippen molar-refractivity contribution in [1.82, 2.24) is 9.80 Å².